The molecule has 0 fully saturated rings. The van der Waals surface area contributed by atoms with Crippen LogP contribution < -0.4 is 10.6 Å². The highest BCUT2D eigenvalue weighted by molar-refractivity contribution is 6.01. The monoisotopic (exact) mass is 605 g/mol. The number of alkyl carbamates (subject to hydrolysis) is 1. The van der Waals surface area contributed by atoms with Gasteiger partial charge in [-0.25, -0.2) is 4.79 Å². The molecule has 3 amide bonds. The van der Waals surface area contributed by atoms with Gasteiger partial charge in [-0.2, -0.15) is 0 Å². The third-order valence-corrected chi connectivity index (χ3v) is 7.13. The van der Waals surface area contributed by atoms with E-state index in [-0.39, 0.29) is 12.2 Å². The molecule has 45 heavy (non-hydrogen) atoms. The van der Waals surface area contributed by atoms with Crippen LogP contribution in [-0.2, 0) is 20.7 Å². The van der Waals surface area contributed by atoms with E-state index < -0.39 is 41.6 Å². The summed E-state index contributed by atoms with van der Waals surface area (Å²) in [5.41, 5.74) is 1.38. The molecule has 2 atom stereocenters. The van der Waals surface area contributed by atoms with Gasteiger partial charge in [-0.05, 0) is 86.8 Å². The molecule has 0 aliphatic heterocycles. The van der Waals surface area contributed by atoms with E-state index >= 15 is 0 Å². The number of rotatable bonds is 9. The summed E-state index contributed by atoms with van der Waals surface area (Å²) >= 11 is 0. The van der Waals surface area contributed by atoms with Crippen LogP contribution in [0.4, 0.5) is 10.5 Å². The van der Waals surface area contributed by atoms with Crippen LogP contribution in [0.5, 0.6) is 5.75 Å². The highest BCUT2D eigenvalue weighted by Gasteiger charge is 2.38. The summed E-state index contributed by atoms with van der Waals surface area (Å²) in [4.78, 5) is 43.3. The van der Waals surface area contributed by atoms with E-state index in [0.717, 1.165) is 10.8 Å². The van der Waals surface area contributed by atoms with Crippen molar-refractivity contribution in [3.63, 3.8) is 0 Å². The van der Waals surface area contributed by atoms with Gasteiger partial charge >= 0.3 is 6.09 Å². The van der Waals surface area contributed by atoms with Crippen LogP contribution in [0.3, 0.4) is 0 Å². The SMILES string of the molecule is C#Cc1ccccc1C(C(=O)Nc1ccc2ccccc2c1)N(C(=O)C(Cc1ccc(O)cc1)NC(=O)OC(C)(C)C)C(C)C. The van der Waals surface area contributed by atoms with Gasteiger partial charge in [0, 0.05) is 23.7 Å². The molecule has 4 aromatic carbocycles. The normalized spacial score (nSPS) is 12.6. The predicted molar refractivity (Wildman–Crippen MR) is 177 cm³/mol. The number of phenols is 1. The van der Waals surface area contributed by atoms with Gasteiger partial charge in [0.2, 0.25) is 5.91 Å². The second-order valence-corrected chi connectivity index (χ2v) is 12.1. The second kappa shape index (κ2) is 14.0. The molecule has 0 saturated carbocycles. The first-order chi connectivity index (χ1) is 21.4. The van der Waals surface area contributed by atoms with Crippen LogP contribution in [0.2, 0.25) is 0 Å². The van der Waals surface area contributed by atoms with Gasteiger partial charge in [0.15, 0.2) is 0 Å². The van der Waals surface area contributed by atoms with E-state index in [4.69, 9.17) is 11.2 Å². The van der Waals surface area contributed by atoms with Gasteiger partial charge in [-0.15, -0.1) is 6.42 Å². The number of benzene rings is 4. The molecular formula is C37H39N3O5. The average molecular weight is 606 g/mol. The third-order valence-electron chi connectivity index (χ3n) is 7.13. The molecule has 8 nitrogen and oxygen atoms in total. The predicted octanol–water partition coefficient (Wildman–Crippen LogP) is 6.58. The Morgan fingerprint density at radius 1 is 0.911 bits per heavy atom. The minimum atomic E-state index is -1.14. The van der Waals surface area contributed by atoms with Gasteiger partial charge in [0.1, 0.15) is 23.4 Å². The van der Waals surface area contributed by atoms with Gasteiger partial charge in [-0.3, -0.25) is 9.59 Å². The highest BCUT2D eigenvalue weighted by atomic mass is 16.6. The smallest absolute Gasteiger partial charge is 0.408 e. The van der Waals surface area contributed by atoms with E-state index in [1.54, 1.807) is 71.0 Å². The first kappa shape index (κ1) is 32.6. The Bertz CT molecular complexity index is 1720. The van der Waals surface area contributed by atoms with Gasteiger partial charge < -0.3 is 25.4 Å². The molecule has 8 heteroatoms. The minimum absolute atomic E-state index is 0.0712. The number of hydrogen-bond donors (Lipinski definition) is 3. The number of aromatic hydroxyl groups is 1. The van der Waals surface area contributed by atoms with Crippen molar-refractivity contribution in [3.8, 4) is 18.1 Å². The number of hydrogen-bond acceptors (Lipinski definition) is 5. The molecule has 0 aliphatic carbocycles. The maximum absolute atomic E-state index is 14.6. The van der Waals surface area contributed by atoms with Crippen molar-refractivity contribution in [2.45, 2.75) is 64.8 Å². The summed E-state index contributed by atoms with van der Waals surface area (Å²) in [6.45, 7) is 8.80. The maximum atomic E-state index is 14.6. The summed E-state index contributed by atoms with van der Waals surface area (Å²) in [6.07, 6.45) is 5.18. The van der Waals surface area contributed by atoms with Crippen molar-refractivity contribution in [2.75, 3.05) is 5.32 Å². The van der Waals surface area contributed by atoms with Crippen LogP contribution in [0.1, 0.15) is 57.4 Å². The molecule has 3 N–H and O–H groups in total. The summed E-state index contributed by atoms with van der Waals surface area (Å²) in [5.74, 6) is 1.76. The van der Waals surface area contributed by atoms with Crippen molar-refractivity contribution in [1.82, 2.24) is 10.2 Å². The summed E-state index contributed by atoms with van der Waals surface area (Å²) in [5, 5.41) is 17.5. The summed E-state index contributed by atoms with van der Waals surface area (Å²) in [6, 6.07) is 24.0. The number of amides is 3. The lowest BCUT2D eigenvalue weighted by Gasteiger charge is -2.37. The fraction of sp³-hybridized carbons (Fsp3) is 0.270. The fourth-order valence-electron chi connectivity index (χ4n) is 5.14. The number of nitrogens with zero attached hydrogens (tertiary/aromatic N) is 1. The van der Waals surface area contributed by atoms with E-state index in [1.165, 1.54) is 17.0 Å². The molecule has 0 saturated heterocycles. The largest absolute Gasteiger partial charge is 0.508 e. The van der Waals surface area contributed by atoms with E-state index in [2.05, 4.69) is 16.6 Å². The highest BCUT2D eigenvalue weighted by Crippen LogP contribution is 2.30. The first-order valence-electron chi connectivity index (χ1n) is 14.8. The summed E-state index contributed by atoms with van der Waals surface area (Å²) in [7, 11) is 0. The third kappa shape index (κ3) is 8.42. The van der Waals surface area contributed by atoms with Crippen LogP contribution >= 0.6 is 0 Å². The number of nitrogens with one attached hydrogen (secondary N) is 2. The quantitative estimate of drug-likeness (QED) is 0.187. The molecule has 4 rings (SSSR count). The zero-order chi connectivity index (χ0) is 32.7. The lowest BCUT2D eigenvalue weighted by atomic mass is 9.95. The van der Waals surface area contributed by atoms with Crippen LogP contribution in [0.25, 0.3) is 10.8 Å². The van der Waals surface area contributed by atoms with Gasteiger partial charge in [0.25, 0.3) is 5.91 Å². The van der Waals surface area contributed by atoms with E-state index in [9.17, 15) is 19.5 Å². The van der Waals surface area contributed by atoms with Crippen LogP contribution in [0, 0.1) is 12.3 Å². The molecule has 0 aliphatic rings. The number of anilines is 1. The van der Waals surface area contributed by atoms with Gasteiger partial charge in [-0.1, -0.05) is 66.6 Å². The van der Waals surface area contributed by atoms with Crippen molar-refractivity contribution in [2.24, 2.45) is 0 Å². The van der Waals surface area contributed by atoms with E-state index in [0.29, 0.717) is 22.4 Å². The fourth-order valence-corrected chi connectivity index (χ4v) is 5.14. The molecule has 2 unspecified atom stereocenters. The number of phenolic OH excluding ortho intramolecular Hbond substituents is 1. The number of terminal acetylenes is 1. The molecule has 0 aromatic heterocycles. The Balaban J connectivity index is 1.77. The molecule has 4 aromatic rings. The Hall–Kier alpha value is -5.29. The Morgan fingerprint density at radius 3 is 2.20 bits per heavy atom. The number of ether oxygens (including phenoxy) is 1. The Morgan fingerprint density at radius 2 is 1.56 bits per heavy atom. The van der Waals surface area contributed by atoms with Crippen molar-refractivity contribution in [1.29, 1.82) is 0 Å². The maximum Gasteiger partial charge on any atom is 0.408 e. The second-order valence-electron chi connectivity index (χ2n) is 12.1. The standard InChI is InChI=1S/C37H39N3O5/c1-7-26-12-10-11-15-31(26)33(34(42)38-29-19-18-27-13-8-9-14-28(27)23-29)40(24(2)3)35(43)32(39-36(44)45-37(4,5)6)22-25-16-20-30(41)21-17-25/h1,8-21,23-24,32-33,41H,22H2,2-6H3,(H,38,42)(H,39,44). The topological polar surface area (TPSA) is 108 Å². The van der Waals surface area contributed by atoms with Gasteiger partial charge in [0.05, 0.1) is 0 Å². The molecule has 0 radical (unpaired) electrons. The number of fused-ring (bicyclic) bond motifs is 1. The van der Waals surface area contributed by atoms with Crippen LogP contribution in [0.15, 0.2) is 91.0 Å². The van der Waals surface area contributed by atoms with Crippen molar-refractivity contribution >= 4 is 34.4 Å². The zero-order valence-corrected chi connectivity index (χ0v) is 26.2. The lowest BCUT2D eigenvalue weighted by molar-refractivity contribution is -0.142. The van der Waals surface area contributed by atoms with Crippen LogP contribution in [-0.4, -0.2) is 45.6 Å². The molecule has 0 spiro atoms. The van der Waals surface area contributed by atoms with E-state index in [1.807, 2.05) is 42.5 Å². The number of carbonyl (C=O) groups is 3. The number of carbonyl (C=O) groups excluding carboxylic acids is 3. The van der Waals surface area contributed by atoms with Crippen molar-refractivity contribution < 1.29 is 24.2 Å². The zero-order valence-electron chi connectivity index (χ0n) is 26.2. The summed E-state index contributed by atoms with van der Waals surface area (Å²) < 4.78 is 5.49. The molecule has 232 valence electrons. The first-order valence-corrected chi connectivity index (χ1v) is 14.8. The Labute approximate surface area is 264 Å². The van der Waals surface area contributed by atoms with Crippen molar-refractivity contribution in [3.05, 3.63) is 108 Å². The molecule has 0 bridgehead atoms. The minimum Gasteiger partial charge on any atom is -0.508 e. The Kier molecular flexibility index (Phi) is 10.1. The average Bonchev–Trinajstić information content (AvgIpc) is 2.99. The molecule has 0 heterocycles. The lowest BCUT2D eigenvalue weighted by Crippen LogP contribution is -2.55. The molecular weight excluding hydrogens is 566 g/mol.